The molecular formula is C87H83BrCl2N8O8P2Pd. The van der Waals surface area contributed by atoms with Gasteiger partial charge >= 0.3 is 35.0 Å². The van der Waals surface area contributed by atoms with Gasteiger partial charge in [-0.05, 0) is 95.2 Å². The third-order valence-electron chi connectivity index (χ3n) is 16.4. The van der Waals surface area contributed by atoms with Crippen molar-refractivity contribution in [1.29, 1.82) is 0 Å². The molecule has 0 saturated carbocycles. The molecule has 0 saturated heterocycles. The van der Waals surface area contributed by atoms with Gasteiger partial charge in [-0.15, -0.1) is 16.6 Å². The number of nitrogens with one attached hydrogen (secondary N) is 2. The van der Waals surface area contributed by atoms with Crippen LogP contribution in [0.4, 0.5) is 11.4 Å². The summed E-state index contributed by atoms with van der Waals surface area (Å²) >= 11 is 3.30. The molecule has 4 amide bonds. The first-order valence-corrected chi connectivity index (χ1v) is 41.6. The molecule has 16 nitrogen and oxygen atoms in total. The molecule has 2 atom stereocenters. The number of likely N-dealkylation sites (N-methyl/N-ethyl adjacent to an activating group) is 2. The number of hydrogen-bond acceptors (Lipinski definition) is 12. The number of carbonyl (C=O) groups excluding carboxylic acids is 4. The molecular weight excluding hydrogens is 1600 g/mol. The molecule has 0 fully saturated rings. The van der Waals surface area contributed by atoms with E-state index >= 15 is 0 Å². The van der Waals surface area contributed by atoms with Crippen molar-refractivity contribution in [3.05, 3.63) is 300 Å². The number of anilines is 2. The maximum absolute atomic E-state index is 13.0. The van der Waals surface area contributed by atoms with Gasteiger partial charge in [-0.25, -0.2) is 0 Å². The second-order valence-corrected chi connectivity index (χ2v) is 31.7. The van der Waals surface area contributed by atoms with Gasteiger partial charge in [0, 0.05) is 64.0 Å². The minimum Gasteiger partial charge on any atom is -0.0622 e. The van der Waals surface area contributed by atoms with Gasteiger partial charge in [-0.2, -0.15) is 10.2 Å². The molecule has 0 spiro atoms. The minimum absolute atomic E-state index is 0. The number of ether oxygens (including phenoxy) is 4. The summed E-state index contributed by atoms with van der Waals surface area (Å²) in [6.45, 7) is 0.799. The van der Waals surface area contributed by atoms with E-state index in [0.717, 1.165) is 32.6 Å². The smallest absolute Gasteiger partial charge is 0.0134 e. The second kappa shape index (κ2) is 45.7. The fourth-order valence-corrected chi connectivity index (χ4v) is 16.2. The molecule has 10 aromatic rings. The Hall–Kier alpha value is -10.0. The maximum Gasteiger partial charge on any atom is -0.0134 e. The molecule has 14 rings (SSSR count). The fourth-order valence-electron chi connectivity index (χ4n) is 11.3. The van der Waals surface area contributed by atoms with Crippen molar-refractivity contribution in [3.8, 4) is 35.7 Å². The Bertz CT molecular complexity index is 4500. The minimum atomic E-state index is -0.848. The molecule has 4 aliphatic rings. The van der Waals surface area contributed by atoms with Crippen LogP contribution in [0.15, 0.2) is 304 Å². The first kappa shape index (κ1) is 84.6. The third-order valence-corrected chi connectivity index (χ3v) is 21.8. The summed E-state index contributed by atoms with van der Waals surface area (Å²) in [5.74, 6) is 7.95. The average molecular weight is 1690 g/mol. The van der Waals surface area contributed by atoms with Crippen molar-refractivity contribution in [2.24, 2.45) is 20.4 Å². The van der Waals surface area contributed by atoms with E-state index in [1.807, 2.05) is 78.9 Å². The summed E-state index contributed by atoms with van der Waals surface area (Å²) in [5, 5.41) is 30.2. The van der Waals surface area contributed by atoms with Crippen molar-refractivity contribution < 1.29 is 54.1 Å². The van der Waals surface area contributed by atoms with E-state index in [1.54, 1.807) is 46.5 Å². The van der Waals surface area contributed by atoms with Gasteiger partial charge in [0.05, 0.1) is 22.8 Å². The van der Waals surface area contributed by atoms with Crippen molar-refractivity contribution in [2.75, 3.05) is 64.5 Å². The van der Waals surface area contributed by atoms with E-state index in [1.165, 1.54) is 41.6 Å². The molecule has 0 bridgehead atoms. The van der Waals surface area contributed by atoms with Crippen LogP contribution in [-0.2, 0) is 57.4 Å². The summed E-state index contributed by atoms with van der Waals surface area (Å²) in [6, 6.07) is 93.6. The summed E-state index contributed by atoms with van der Waals surface area (Å²) < 4.78 is 21.8. The topological polar surface area (TPSA) is 185 Å². The number of carbonyl (C=O) groups is 4. The average Bonchev–Trinajstić information content (AvgIpc) is 1.52. The van der Waals surface area contributed by atoms with Crippen LogP contribution in [0.3, 0.4) is 0 Å². The molecule has 560 valence electrons. The molecule has 0 radical (unpaired) electrons. The molecule has 0 unspecified atom stereocenters. The summed E-state index contributed by atoms with van der Waals surface area (Å²) in [7, 11) is 15.2. The van der Waals surface area contributed by atoms with E-state index in [4.69, 9.17) is 39.7 Å². The van der Waals surface area contributed by atoms with Crippen molar-refractivity contribution in [3.63, 3.8) is 0 Å². The Morgan fingerprint density at radius 3 is 1.15 bits per heavy atom. The third kappa shape index (κ3) is 25.8. The molecule has 4 aliphatic heterocycles. The van der Waals surface area contributed by atoms with Crippen LogP contribution in [0.5, 0.6) is 11.5 Å². The van der Waals surface area contributed by atoms with Gasteiger partial charge < -0.3 is 39.4 Å². The van der Waals surface area contributed by atoms with E-state index in [0.29, 0.717) is 67.5 Å². The van der Waals surface area contributed by atoms with Crippen LogP contribution in [0.1, 0.15) is 37.0 Å². The number of fused-ring (bicyclic) bond motifs is 2. The maximum atomic E-state index is 13.0. The first-order chi connectivity index (χ1) is 52.8. The van der Waals surface area contributed by atoms with Crippen LogP contribution in [0.2, 0.25) is 0 Å². The standard InChI is InChI=1S/C25H24N4O4.C21H19BrN4O3.2C18H15P.C4H6O.CH4.2ClH.Pd/c1-29-22-14-18(9-6-12-32-2)10-11-23(22)33-16-21(25(29)31)26-24(30)20-15-19(27-28-20)13-17-7-4-3-5-8-17;1-26-18-10-14(22)7-8-19(18)29-12-17(21(26)28)23-20(27)16-11-15(24-25-16)9-13-5-3-2-4-6-13;2*1-4-10-16(11-5-1)19(17-12-6-2-7-13-17)18-14-8-3-9-15-18;1-3-4-5-2;;;;/h3-5,7-8,10-11,14,21H,12-13,15-16H2,1-2H3,(H,26,30);2-8,10,17H,9,11-12H2,1H3,(H,23,27);2*1-15H;1H,4H2,2H3;1H4;2*1H;/q;;;;;;;;+2/p-2/t21-;17-;;;;;;;/m00......./s1. The van der Waals surface area contributed by atoms with E-state index in [2.05, 4.69) is 251 Å². The molecule has 4 heterocycles. The van der Waals surface area contributed by atoms with Gasteiger partial charge in [0.2, 0.25) is 0 Å². The normalized spacial score (nSPS) is 14.2. The summed E-state index contributed by atoms with van der Waals surface area (Å²) in [5.41, 5.74) is 6.40. The summed E-state index contributed by atoms with van der Waals surface area (Å²) in [4.78, 5) is 54.3. The number of halogens is 3. The Labute approximate surface area is 666 Å². The number of rotatable bonds is 16. The zero-order valence-corrected chi connectivity index (χ0v) is 66.2. The number of benzene rings is 10. The zero-order valence-electron chi connectivity index (χ0n) is 59.7. The molecule has 0 aromatic heterocycles. The predicted molar refractivity (Wildman–Crippen MR) is 450 cm³/mol. The van der Waals surface area contributed by atoms with Gasteiger partial charge in [0.25, 0.3) is 23.6 Å². The van der Waals surface area contributed by atoms with Crippen molar-refractivity contribution in [2.45, 2.75) is 45.2 Å². The largest absolute Gasteiger partial charge is 0.0622 e. The molecule has 10 aromatic carbocycles. The number of nitrogens with zero attached hydrogens (tertiary/aromatic N) is 6. The van der Waals surface area contributed by atoms with Gasteiger partial charge in [0.1, 0.15) is 61.4 Å². The van der Waals surface area contributed by atoms with Crippen molar-refractivity contribution >= 4 is 141 Å². The van der Waals surface area contributed by atoms with Crippen LogP contribution in [0.25, 0.3) is 0 Å². The van der Waals surface area contributed by atoms with Crippen LogP contribution in [0, 0.1) is 24.2 Å². The van der Waals surface area contributed by atoms with Crippen LogP contribution < -0.4 is 61.7 Å². The SMILES string of the molecule is C.C#CCOC.CN1C(=O)[C@@H](NC(=O)C2=NN=C(Cc3ccccc3)C2)COc2ccc(Br)cc21.COCC#Cc1ccc2c(c1)N(C)C(=O)[C@@H](NC(=O)C1=NN=C(Cc3ccccc3)C1)CO2.[Cl][Pd][Cl].c1ccc(P(c2ccccc2)c2ccccc2)cc1.c1ccc(P(c2ccccc2)c2ccccc2)cc1. The molecule has 2 N–H and O–H groups in total. The van der Waals surface area contributed by atoms with Gasteiger partial charge in [-0.3, -0.25) is 19.2 Å². The van der Waals surface area contributed by atoms with Gasteiger partial charge in [-0.1, -0.05) is 284 Å². The Morgan fingerprint density at radius 2 is 0.826 bits per heavy atom. The predicted octanol–water partition coefficient (Wildman–Crippen LogP) is 13.9. The number of terminal acetylenes is 1. The van der Waals surface area contributed by atoms with E-state index in [-0.39, 0.29) is 54.1 Å². The first-order valence-electron chi connectivity index (χ1n) is 34.1. The Balaban J connectivity index is 0.000000180. The van der Waals surface area contributed by atoms with Gasteiger partial charge in [0.15, 0.2) is 0 Å². The second-order valence-electron chi connectivity index (χ2n) is 24.0. The number of methoxy groups -OCH3 is 2. The Morgan fingerprint density at radius 1 is 0.505 bits per heavy atom. The number of hydrogen-bond donors (Lipinski definition) is 2. The molecule has 0 aliphatic carbocycles. The Kier molecular flexibility index (Phi) is 35.5. The van der Waals surface area contributed by atoms with Crippen LogP contribution >= 0.6 is 50.8 Å². The van der Waals surface area contributed by atoms with E-state index in [9.17, 15) is 19.2 Å². The molecule has 22 heteroatoms. The van der Waals surface area contributed by atoms with Crippen molar-refractivity contribution in [1.82, 2.24) is 10.6 Å². The molecule has 109 heavy (non-hydrogen) atoms. The summed E-state index contributed by atoms with van der Waals surface area (Å²) in [6.07, 6.45) is 6.74. The van der Waals surface area contributed by atoms with E-state index < -0.39 is 39.7 Å². The van der Waals surface area contributed by atoms with Crippen LogP contribution in [-0.4, -0.2) is 113 Å². The number of amides is 4. The zero-order chi connectivity index (χ0) is 76.2. The fraction of sp³-hybridized carbons (Fsp3) is 0.172. The quantitative estimate of drug-likeness (QED) is 0.0544. The monoisotopic (exact) mass is 1680 g/mol.